The number of ether oxygens (including phenoxy) is 1. The van der Waals surface area contributed by atoms with Crippen molar-refractivity contribution in [3.05, 3.63) is 69.1 Å². The number of likely N-dealkylation sites (tertiary alicyclic amines) is 1. The summed E-state index contributed by atoms with van der Waals surface area (Å²) in [6, 6.07) is 9.30. The molecule has 0 aliphatic carbocycles. The number of methoxy groups -OCH3 is 1. The highest BCUT2D eigenvalue weighted by molar-refractivity contribution is 6.31. The van der Waals surface area contributed by atoms with E-state index in [0.29, 0.717) is 24.4 Å². The van der Waals surface area contributed by atoms with Crippen molar-refractivity contribution < 1.29 is 17.9 Å². The van der Waals surface area contributed by atoms with Crippen LogP contribution in [0.2, 0.25) is 5.02 Å². The molecule has 0 saturated carbocycles. The summed E-state index contributed by atoms with van der Waals surface area (Å²) in [5.41, 5.74) is 1.14. The zero-order valence-electron chi connectivity index (χ0n) is 18.7. The smallest absolute Gasteiger partial charge is 0.417 e. The lowest BCUT2D eigenvalue weighted by atomic mass is 10.0. The molecule has 1 saturated heterocycles. The van der Waals surface area contributed by atoms with E-state index in [1.807, 2.05) is 6.07 Å². The number of halogens is 4. The van der Waals surface area contributed by atoms with Crippen molar-refractivity contribution in [2.75, 3.05) is 26.7 Å². The van der Waals surface area contributed by atoms with E-state index < -0.39 is 11.7 Å². The summed E-state index contributed by atoms with van der Waals surface area (Å²) in [6.07, 6.45) is -1.09. The van der Waals surface area contributed by atoms with Crippen molar-refractivity contribution in [2.45, 2.75) is 38.1 Å². The fourth-order valence-corrected chi connectivity index (χ4v) is 4.48. The van der Waals surface area contributed by atoms with Gasteiger partial charge in [0.15, 0.2) is 0 Å². The third-order valence-corrected chi connectivity index (χ3v) is 6.54. The number of hydrogen-bond acceptors (Lipinski definition) is 5. The summed E-state index contributed by atoms with van der Waals surface area (Å²) in [5, 5.41) is 3.07. The van der Waals surface area contributed by atoms with Crippen LogP contribution in [0, 0.1) is 0 Å². The SMILES string of the molecule is COc1cnc2ccc(=O)n(CCN3CCC(NCc4ccc(Cl)c(C(F)(F)F)c4)CC3)c2c1. The Bertz CT molecular complexity index is 1210. The van der Waals surface area contributed by atoms with Gasteiger partial charge >= 0.3 is 6.18 Å². The van der Waals surface area contributed by atoms with E-state index in [1.54, 1.807) is 30.0 Å². The molecule has 1 N–H and O–H groups in total. The van der Waals surface area contributed by atoms with Crippen LogP contribution in [0.1, 0.15) is 24.0 Å². The van der Waals surface area contributed by atoms with Gasteiger partial charge in [-0.25, -0.2) is 0 Å². The normalized spacial score (nSPS) is 15.7. The summed E-state index contributed by atoms with van der Waals surface area (Å²) in [7, 11) is 1.56. The predicted octanol–water partition coefficient (Wildman–Crippen LogP) is 4.33. The molecule has 3 aromatic rings. The van der Waals surface area contributed by atoms with Gasteiger partial charge in [-0.2, -0.15) is 13.2 Å². The van der Waals surface area contributed by atoms with Crippen molar-refractivity contribution in [3.63, 3.8) is 0 Å². The van der Waals surface area contributed by atoms with E-state index >= 15 is 0 Å². The van der Waals surface area contributed by atoms with Crippen LogP contribution in [-0.2, 0) is 19.3 Å². The largest absolute Gasteiger partial charge is 0.495 e. The molecule has 6 nitrogen and oxygen atoms in total. The Kier molecular flexibility index (Phi) is 7.45. The summed E-state index contributed by atoms with van der Waals surface area (Å²) in [6.45, 7) is 3.29. The minimum Gasteiger partial charge on any atom is -0.495 e. The number of piperidine rings is 1. The highest BCUT2D eigenvalue weighted by Gasteiger charge is 2.33. The molecule has 0 bridgehead atoms. The first-order chi connectivity index (χ1) is 16.2. The molecule has 1 aromatic carbocycles. The predicted molar refractivity (Wildman–Crippen MR) is 125 cm³/mol. The second-order valence-corrected chi connectivity index (χ2v) is 8.82. The molecule has 1 fully saturated rings. The molecule has 182 valence electrons. The average molecular weight is 495 g/mol. The Morgan fingerprint density at radius 1 is 1.15 bits per heavy atom. The van der Waals surface area contributed by atoms with Crippen LogP contribution in [-0.4, -0.2) is 47.2 Å². The number of alkyl halides is 3. The summed E-state index contributed by atoms with van der Waals surface area (Å²) in [4.78, 5) is 19.1. The molecule has 0 unspecified atom stereocenters. The Labute approximate surface area is 200 Å². The molecule has 0 spiro atoms. The van der Waals surface area contributed by atoms with Crippen LogP contribution in [0.15, 0.2) is 47.4 Å². The number of hydrogen-bond donors (Lipinski definition) is 1. The van der Waals surface area contributed by atoms with E-state index in [9.17, 15) is 18.0 Å². The number of pyridine rings is 2. The summed E-state index contributed by atoms with van der Waals surface area (Å²) >= 11 is 5.70. The first kappa shape index (κ1) is 24.5. The van der Waals surface area contributed by atoms with E-state index in [0.717, 1.165) is 49.6 Å². The molecular formula is C24H26ClF3N4O2. The lowest BCUT2D eigenvalue weighted by molar-refractivity contribution is -0.137. The van der Waals surface area contributed by atoms with Crippen LogP contribution < -0.4 is 15.6 Å². The van der Waals surface area contributed by atoms with E-state index in [4.69, 9.17) is 16.3 Å². The van der Waals surface area contributed by atoms with Crippen LogP contribution in [0.25, 0.3) is 11.0 Å². The number of rotatable bonds is 7. The van der Waals surface area contributed by atoms with Gasteiger partial charge < -0.3 is 19.5 Å². The fourth-order valence-electron chi connectivity index (χ4n) is 4.25. The number of nitrogens with one attached hydrogen (secondary N) is 1. The van der Waals surface area contributed by atoms with Gasteiger partial charge in [0.25, 0.3) is 5.56 Å². The second kappa shape index (κ2) is 10.3. The molecule has 1 aliphatic heterocycles. The van der Waals surface area contributed by atoms with E-state index in [1.165, 1.54) is 12.1 Å². The Hall–Kier alpha value is -2.62. The van der Waals surface area contributed by atoms with Crippen molar-refractivity contribution >= 4 is 22.6 Å². The minimum atomic E-state index is -4.47. The van der Waals surface area contributed by atoms with Gasteiger partial charge in [-0.3, -0.25) is 9.78 Å². The van der Waals surface area contributed by atoms with E-state index in [2.05, 4.69) is 15.2 Å². The van der Waals surface area contributed by atoms with Crippen molar-refractivity contribution in [3.8, 4) is 5.75 Å². The standard InChI is InChI=1S/C24H26ClF3N4O2/c1-34-18-13-22-21(30-15-18)4-5-23(33)32(22)11-10-31-8-6-17(7-9-31)29-14-16-2-3-20(25)19(12-16)24(26,27)28/h2-5,12-13,15,17,29H,6-11,14H2,1H3. The number of fused-ring (bicyclic) bond motifs is 1. The maximum atomic E-state index is 13.1. The van der Waals surface area contributed by atoms with Gasteiger partial charge in [-0.05, 0) is 49.7 Å². The topological polar surface area (TPSA) is 59.4 Å². The molecule has 4 rings (SSSR count). The first-order valence-electron chi connectivity index (χ1n) is 11.1. The molecule has 1 aliphatic rings. The molecule has 0 radical (unpaired) electrons. The van der Waals surface area contributed by atoms with Crippen LogP contribution >= 0.6 is 11.6 Å². The van der Waals surface area contributed by atoms with Gasteiger partial charge in [0.2, 0.25) is 0 Å². The summed E-state index contributed by atoms with van der Waals surface area (Å²) < 4.78 is 46.2. The monoisotopic (exact) mass is 494 g/mol. The summed E-state index contributed by atoms with van der Waals surface area (Å²) in [5.74, 6) is 0.599. The van der Waals surface area contributed by atoms with Crippen molar-refractivity contribution in [1.29, 1.82) is 0 Å². The maximum Gasteiger partial charge on any atom is 0.417 e. The number of benzene rings is 1. The average Bonchev–Trinajstić information content (AvgIpc) is 2.82. The molecule has 34 heavy (non-hydrogen) atoms. The second-order valence-electron chi connectivity index (χ2n) is 8.41. The van der Waals surface area contributed by atoms with Gasteiger partial charge in [0.05, 0.1) is 34.9 Å². The number of aromatic nitrogens is 2. The Morgan fingerprint density at radius 2 is 1.91 bits per heavy atom. The number of nitrogens with zero attached hydrogens (tertiary/aromatic N) is 3. The maximum absolute atomic E-state index is 13.1. The van der Waals surface area contributed by atoms with Gasteiger partial charge in [0, 0.05) is 37.8 Å². The van der Waals surface area contributed by atoms with Crippen molar-refractivity contribution in [2.24, 2.45) is 0 Å². The van der Waals surface area contributed by atoms with Gasteiger partial charge in [-0.1, -0.05) is 17.7 Å². The van der Waals surface area contributed by atoms with Gasteiger partial charge in [-0.15, -0.1) is 0 Å². The Balaban J connectivity index is 1.31. The first-order valence-corrected chi connectivity index (χ1v) is 11.5. The van der Waals surface area contributed by atoms with Crippen LogP contribution in [0.4, 0.5) is 13.2 Å². The quantitative estimate of drug-likeness (QED) is 0.530. The highest BCUT2D eigenvalue weighted by Crippen LogP contribution is 2.35. The third-order valence-electron chi connectivity index (χ3n) is 6.21. The highest BCUT2D eigenvalue weighted by atomic mass is 35.5. The lowest BCUT2D eigenvalue weighted by Gasteiger charge is -2.32. The molecule has 3 heterocycles. The molecule has 0 amide bonds. The third kappa shape index (κ3) is 5.71. The zero-order chi connectivity index (χ0) is 24.3. The minimum absolute atomic E-state index is 0.0831. The van der Waals surface area contributed by atoms with Crippen molar-refractivity contribution in [1.82, 2.24) is 19.8 Å². The zero-order valence-corrected chi connectivity index (χ0v) is 19.5. The lowest BCUT2D eigenvalue weighted by Crippen LogP contribution is -2.43. The van der Waals surface area contributed by atoms with Gasteiger partial charge in [0.1, 0.15) is 5.75 Å². The Morgan fingerprint density at radius 3 is 2.62 bits per heavy atom. The van der Waals surface area contributed by atoms with E-state index in [-0.39, 0.29) is 16.6 Å². The van der Waals surface area contributed by atoms with Crippen LogP contribution in [0.5, 0.6) is 5.75 Å². The fraction of sp³-hybridized carbons (Fsp3) is 0.417. The molecular weight excluding hydrogens is 469 g/mol. The van der Waals surface area contributed by atoms with Crippen LogP contribution in [0.3, 0.4) is 0 Å². The molecule has 2 aromatic heterocycles. The molecule has 0 atom stereocenters. The molecule has 10 heteroatoms.